The number of carbonyl (C=O) groups is 1. The van der Waals surface area contributed by atoms with E-state index in [2.05, 4.69) is 30.4 Å². The summed E-state index contributed by atoms with van der Waals surface area (Å²) in [6, 6.07) is 4.86. The molecular weight excluding hydrogens is 442 g/mol. The highest BCUT2D eigenvalue weighted by Gasteiger charge is 2.27. The maximum absolute atomic E-state index is 13.0. The predicted octanol–water partition coefficient (Wildman–Crippen LogP) is 5.59. The molecule has 0 radical (unpaired) electrons. The number of benzene rings is 1. The van der Waals surface area contributed by atoms with E-state index in [0.717, 1.165) is 36.3 Å². The highest BCUT2D eigenvalue weighted by Crippen LogP contribution is 2.34. The van der Waals surface area contributed by atoms with E-state index in [1.54, 1.807) is 30.4 Å². The van der Waals surface area contributed by atoms with Gasteiger partial charge in [0.2, 0.25) is 15.9 Å². The molecule has 174 valence electrons. The first-order chi connectivity index (χ1) is 15.4. The Morgan fingerprint density at radius 1 is 1.22 bits per heavy atom. The van der Waals surface area contributed by atoms with E-state index in [-0.39, 0.29) is 29.8 Å². The van der Waals surface area contributed by atoms with Crippen molar-refractivity contribution >= 4 is 42.6 Å². The first-order valence-corrected chi connectivity index (χ1v) is 13.6. The highest BCUT2D eigenvalue weighted by molar-refractivity contribution is 7.89. The van der Waals surface area contributed by atoms with Crippen LogP contribution in [0.1, 0.15) is 51.9 Å². The van der Waals surface area contributed by atoms with E-state index in [1.165, 1.54) is 34.9 Å². The molecule has 2 aromatic rings. The number of nitrogens with one attached hydrogen (secondary N) is 1. The molecule has 1 fully saturated rings. The van der Waals surface area contributed by atoms with Crippen molar-refractivity contribution < 1.29 is 13.2 Å². The van der Waals surface area contributed by atoms with E-state index in [0.29, 0.717) is 10.6 Å². The maximum Gasteiger partial charge on any atom is 0.243 e. The third-order valence-corrected chi connectivity index (χ3v) is 8.84. The molecule has 1 aromatic carbocycles. The molecule has 0 atom stereocenters. The number of fused-ring (bicyclic) bond motifs is 1. The fourth-order valence-electron chi connectivity index (χ4n) is 4.24. The average molecular weight is 476 g/mol. The Labute approximate surface area is 195 Å². The van der Waals surface area contributed by atoms with Gasteiger partial charge in [0.1, 0.15) is 0 Å². The highest BCUT2D eigenvalue weighted by atomic mass is 32.2. The Hall–Kier alpha value is -2.03. The van der Waals surface area contributed by atoms with Crippen LogP contribution in [0.15, 0.2) is 48.4 Å². The number of anilines is 1. The second-order valence-corrected chi connectivity index (χ2v) is 11.4. The second kappa shape index (κ2) is 11.2. The zero-order valence-corrected chi connectivity index (χ0v) is 20.4. The minimum atomic E-state index is -3.68. The Bertz CT molecular complexity index is 1040. The first-order valence-electron chi connectivity index (χ1n) is 11.3. The lowest BCUT2D eigenvalue weighted by Gasteiger charge is -2.27. The Morgan fingerprint density at radius 3 is 2.53 bits per heavy atom. The van der Waals surface area contributed by atoms with Crippen LogP contribution in [0.25, 0.3) is 10.2 Å². The standard InChI is InChI=1S/C24H33N3O3S2/c1-4-7-8-18-9-11-19(12-10-18)23(28)26-24-25-21-14-13-20(17-22(21)31-24)32(29,30)27(15-5-2)16-6-3/h5-6,13-14,17-19H,2-4,7-12,15-16H2,1H3,(H,25,26,28). The number of unbranched alkanes of at least 4 members (excludes halogenated alkanes) is 1. The van der Waals surface area contributed by atoms with Crippen molar-refractivity contribution in [1.29, 1.82) is 0 Å². The van der Waals surface area contributed by atoms with Crippen LogP contribution in [-0.4, -0.2) is 36.7 Å². The van der Waals surface area contributed by atoms with Gasteiger partial charge in [0.05, 0.1) is 15.1 Å². The van der Waals surface area contributed by atoms with Gasteiger partial charge in [-0.3, -0.25) is 4.79 Å². The largest absolute Gasteiger partial charge is 0.302 e. The lowest BCUT2D eigenvalue weighted by atomic mass is 9.79. The van der Waals surface area contributed by atoms with Crippen LogP contribution < -0.4 is 5.32 Å². The van der Waals surface area contributed by atoms with Gasteiger partial charge in [0.25, 0.3) is 0 Å². The third kappa shape index (κ3) is 5.85. The number of sulfonamides is 1. The molecule has 3 rings (SSSR count). The van der Waals surface area contributed by atoms with Gasteiger partial charge >= 0.3 is 0 Å². The fraction of sp³-hybridized carbons (Fsp3) is 0.500. The van der Waals surface area contributed by atoms with Gasteiger partial charge in [0.15, 0.2) is 5.13 Å². The van der Waals surface area contributed by atoms with Crippen LogP contribution >= 0.6 is 11.3 Å². The number of carbonyl (C=O) groups excluding carboxylic acids is 1. The van der Waals surface area contributed by atoms with E-state index in [1.807, 2.05) is 0 Å². The molecule has 0 saturated heterocycles. The number of rotatable bonds is 11. The average Bonchev–Trinajstić information content (AvgIpc) is 3.19. The molecule has 0 spiro atoms. The van der Waals surface area contributed by atoms with Gasteiger partial charge in [-0.2, -0.15) is 4.31 Å². The molecule has 0 unspecified atom stereocenters. The summed E-state index contributed by atoms with van der Waals surface area (Å²) in [5.74, 6) is 0.805. The van der Waals surface area contributed by atoms with E-state index in [9.17, 15) is 13.2 Å². The zero-order chi connectivity index (χ0) is 23.1. The number of nitrogens with zero attached hydrogens (tertiary/aromatic N) is 2. The third-order valence-electron chi connectivity index (χ3n) is 6.08. The lowest BCUT2D eigenvalue weighted by molar-refractivity contribution is -0.121. The van der Waals surface area contributed by atoms with E-state index >= 15 is 0 Å². The van der Waals surface area contributed by atoms with Crippen LogP contribution in [0.5, 0.6) is 0 Å². The molecule has 1 N–H and O–H groups in total. The smallest absolute Gasteiger partial charge is 0.243 e. The van der Waals surface area contributed by atoms with Gasteiger partial charge in [-0.05, 0) is 49.8 Å². The van der Waals surface area contributed by atoms with Crippen molar-refractivity contribution in [3.63, 3.8) is 0 Å². The molecule has 1 saturated carbocycles. The molecule has 1 aliphatic rings. The van der Waals surface area contributed by atoms with Crippen LogP contribution in [-0.2, 0) is 14.8 Å². The normalized spacial score (nSPS) is 19.2. The molecule has 1 amide bonds. The zero-order valence-electron chi connectivity index (χ0n) is 18.8. The van der Waals surface area contributed by atoms with Crippen molar-refractivity contribution in [2.75, 3.05) is 18.4 Å². The minimum absolute atomic E-state index is 0.0222. The molecule has 1 heterocycles. The van der Waals surface area contributed by atoms with Crippen molar-refractivity contribution in [3.05, 3.63) is 43.5 Å². The molecule has 1 aromatic heterocycles. The number of hydrogen-bond acceptors (Lipinski definition) is 5. The molecule has 6 nitrogen and oxygen atoms in total. The Balaban J connectivity index is 1.69. The molecular formula is C24H33N3O3S2. The Morgan fingerprint density at radius 2 is 1.91 bits per heavy atom. The summed E-state index contributed by atoms with van der Waals surface area (Å²) in [5, 5.41) is 3.48. The quantitative estimate of drug-likeness (QED) is 0.429. The summed E-state index contributed by atoms with van der Waals surface area (Å²) in [6.45, 7) is 9.90. The molecule has 1 aliphatic carbocycles. The lowest BCUT2D eigenvalue weighted by Crippen LogP contribution is -2.31. The minimum Gasteiger partial charge on any atom is -0.302 e. The molecule has 8 heteroatoms. The Kier molecular flexibility index (Phi) is 8.62. The van der Waals surface area contributed by atoms with Crippen LogP contribution in [0.3, 0.4) is 0 Å². The summed E-state index contributed by atoms with van der Waals surface area (Å²) < 4.78 is 28.0. The molecule has 0 aliphatic heterocycles. The van der Waals surface area contributed by atoms with Crippen LogP contribution in [0.4, 0.5) is 5.13 Å². The maximum atomic E-state index is 13.0. The van der Waals surface area contributed by atoms with Crippen molar-refractivity contribution in [1.82, 2.24) is 9.29 Å². The van der Waals surface area contributed by atoms with E-state index < -0.39 is 10.0 Å². The molecule has 0 bridgehead atoms. The van der Waals surface area contributed by atoms with Crippen molar-refractivity contribution in [2.24, 2.45) is 11.8 Å². The van der Waals surface area contributed by atoms with Gasteiger partial charge in [-0.15, -0.1) is 13.2 Å². The van der Waals surface area contributed by atoms with E-state index in [4.69, 9.17) is 0 Å². The summed E-state index contributed by atoms with van der Waals surface area (Å²) in [7, 11) is -3.68. The number of hydrogen-bond donors (Lipinski definition) is 1. The topological polar surface area (TPSA) is 79.4 Å². The summed E-state index contributed by atoms with van der Waals surface area (Å²) >= 11 is 1.30. The number of thiazole rings is 1. The van der Waals surface area contributed by atoms with Gasteiger partial charge in [-0.25, -0.2) is 13.4 Å². The molecule has 32 heavy (non-hydrogen) atoms. The summed E-state index contributed by atoms with van der Waals surface area (Å²) in [4.78, 5) is 17.4. The summed E-state index contributed by atoms with van der Waals surface area (Å²) in [5.41, 5.74) is 0.673. The number of aromatic nitrogens is 1. The van der Waals surface area contributed by atoms with Gasteiger partial charge in [0, 0.05) is 19.0 Å². The van der Waals surface area contributed by atoms with Crippen molar-refractivity contribution in [2.45, 2.75) is 56.8 Å². The second-order valence-electron chi connectivity index (χ2n) is 8.40. The number of amides is 1. The van der Waals surface area contributed by atoms with Crippen molar-refractivity contribution in [3.8, 4) is 0 Å². The summed E-state index contributed by atoms with van der Waals surface area (Å²) in [6.07, 6.45) is 11.0. The fourth-order valence-corrected chi connectivity index (χ4v) is 6.63. The predicted molar refractivity (Wildman–Crippen MR) is 132 cm³/mol. The van der Waals surface area contributed by atoms with Crippen LogP contribution in [0, 0.1) is 11.8 Å². The monoisotopic (exact) mass is 475 g/mol. The van der Waals surface area contributed by atoms with Gasteiger partial charge in [-0.1, -0.05) is 49.7 Å². The SMILES string of the molecule is C=CCN(CC=C)S(=O)(=O)c1ccc2nc(NC(=O)C3CCC(CCCC)CC3)sc2c1. The van der Waals surface area contributed by atoms with Gasteiger partial charge < -0.3 is 5.32 Å². The first kappa shape index (κ1) is 24.6. The van der Waals surface area contributed by atoms with Crippen LogP contribution in [0.2, 0.25) is 0 Å².